The minimum Gasteiger partial charge on any atom is -0.278 e. The topological polar surface area (TPSA) is 87.2 Å². The highest BCUT2D eigenvalue weighted by molar-refractivity contribution is 7.27. The van der Waals surface area contributed by atoms with Crippen LogP contribution in [0.15, 0.2) is 194 Å². The lowest BCUT2D eigenvalue weighted by Gasteiger charge is -2.19. The molecule has 8 nitrogen and oxygen atoms in total. The van der Waals surface area contributed by atoms with Crippen LogP contribution in [0.5, 0.6) is 0 Å². The Bertz CT molecular complexity index is 5360. The van der Waals surface area contributed by atoms with Gasteiger partial charge >= 0.3 is 0 Å². The highest BCUT2D eigenvalue weighted by atomic mass is 32.1. The normalized spacial score (nSPS) is 13.8. The van der Waals surface area contributed by atoms with Crippen molar-refractivity contribution in [3.8, 4) is 57.4 Å². The van der Waals surface area contributed by atoms with Crippen LogP contribution in [0.2, 0.25) is 0 Å². The highest BCUT2D eigenvalue weighted by Crippen LogP contribution is 2.48. The van der Waals surface area contributed by atoms with Crippen molar-refractivity contribution in [1.29, 1.82) is 0 Å². The van der Waals surface area contributed by atoms with Crippen LogP contribution in [0.4, 0.5) is 0 Å². The summed E-state index contributed by atoms with van der Waals surface area (Å²) in [7, 11) is 0. The van der Waals surface area contributed by atoms with E-state index in [2.05, 4.69) is 130 Å². The number of benzene rings is 10. The van der Waals surface area contributed by atoms with Gasteiger partial charge in [0.2, 0.25) is 11.9 Å². The fraction of sp³-hybridized carbons (Fsp3) is 0.108. The first-order valence-electron chi connectivity index (χ1n) is 29.3. The molecular weight excluding hydrogens is 1070 g/mol. The van der Waals surface area contributed by atoms with Gasteiger partial charge in [-0.15, -0.1) is 22.7 Å². The van der Waals surface area contributed by atoms with Gasteiger partial charge in [0, 0.05) is 84.1 Å². The van der Waals surface area contributed by atoms with Gasteiger partial charge < -0.3 is 0 Å². The molecule has 4 aliphatic rings. The second-order valence-electron chi connectivity index (χ2n) is 23.1. The maximum atomic E-state index is 5.15. The Hall–Kier alpha value is -9.74. The Balaban J connectivity index is 0.000000124. The number of nitrogens with zero attached hydrogens (tertiary/aromatic N) is 8. The first-order chi connectivity index (χ1) is 41.6. The molecular formula is C74H48N8S2. The minimum atomic E-state index is 0.657. The molecule has 0 fully saturated rings. The van der Waals surface area contributed by atoms with Gasteiger partial charge in [0.1, 0.15) is 0 Å². The SMILES string of the molecule is c1ccc(-c2nc(-c3ccccc3)nc(-n3c4cc5c(cc4c4c6c(ccc43)sc3cc4c(cc36)CC4)CC5)n2)cc1.c1ccc(-c2nc(-c3ccccc3)nc(-n3c4cc5c(cc4c4c6sc7cc8c(cc7c6ccc43)CC8)CC5)n2)cc1. The van der Waals surface area contributed by atoms with E-state index in [4.69, 9.17) is 29.9 Å². The Labute approximate surface area is 490 Å². The summed E-state index contributed by atoms with van der Waals surface area (Å²) in [6.45, 7) is 0. The number of aryl methyl sites for hydroxylation is 8. The van der Waals surface area contributed by atoms with Crippen molar-refractivity contribution < 1.29 is 0 Å². The van der Waals surface area contributed by atoms with Crippen LogP contribution < -0.4 is 0 Å². The average Bonchev–Trinajstić information content (AvgIpc) is 3.27. The van der Waals surface area contributed by atoms with Crippen LogP contribution >= 0.6 is 22.7 Å². The zero-order valence-corrected chi connectivity index (χ0v) is 47.2. The third-order valence-corrected chi connectivity index (χ3v) is 20.7. The van der Waals surface area contributed by atoms with Crippen molar-refractivity contribution in [1.82, 2.24) is 39.0 Å². The molecule has 0 aliphatic heterocycles. The largest absolute Gasteiger partial charge is 0.278 e. The molecule has 0 radical (unpaired) electrons. The van der Waals surface area contributed by atoms with Gasteiger partial charge in [-0.2, -0.15) is 19.9 Å². The average molecular weight is 1110 g/mol. The Kier molecular flexibility index (Phi) is 9.97. The highest BCUT2D eigenvalue weighted by Gasteiger charge is 2.28. The summed E-state index contributed by atoms with van der Waals surface area (Å²) in [4.78, 5) is 30.5. The smallest absolute Gasteiger partial charge is 0.238 e. The van der Waals surface area contributed by atoms with Crippen LogP contribution in [0.1, 0.15) is 44.5 Å². The van der Waals surface area contributed by atoms with Crippen molar-refractivity contribution in [2.45, 2.75) is 51.4 Å². The lowest BCUT2D eigenvalue weighted by Crippen LogP contribution is -2.09. The van der Waals surface area contributed by atoms with Gasteiger partial charge in [0.25, 0.3) is 0 Å². The molecule has 6 aromatic heterocycles. The minimum absolute atomic E-state index is 0.657. The number of rotatable bonds is 6. The summed E-state index contributed by atoms with van der Waals surface area (Å²) in [5.74, 6) is 4.04. The maximum absolute atomic E-state index is 5.15. The molecule has 0 bridgehead atoms. The summed E-state index contributed by atoms with van der Waals surface area (Å²) in [5, 5.41) is 10.7. The Morgan fingerprint density at radius 1 is 0.262 bits per heavy atom. The summed E-state index contributed by atoms with van der Waals surface area (Å²) < 4.78 is 10.0. The molecule has 6 heterocycles. The number of hydrogen-bond donors (Lipinski definition) is 0. The van der Waals surface area contributed by atoms with Crippen LogP contribution in [0.3, 0.4) is 0 Å². The van der Waals surface area contributed by atoms with Crippen LogP contribution in [0, 0.1) is 0 Å². The molecule has 10 aromatic carbocycles. The fourth-order valence-electron chi connectivity index (χ4n) is 13.7. The summed E-state index contributed by atoms with van der Waals surface area (Å²) in [6, 6.07) is 69.5. The van der Waals surface area contributed by atoms with E-state index >= 15 is 0 Å². The molecule has 0 unspecified atom stereocenters. The van der Waals surface area contributed by atoms with Gasteiger partial charge in [-0.25, -0.2) is 9.97 Å². The molecule has 396 valence electrons. The molecule has 20 rings (SSSR count). The summed E-state index contributed by atoms with van der Waals surface area (Å²) >= 11 is 3.85. The molecule has 4 aliphatic carbocycles. The van der Waals surface area contributed by atoms with Gasteiger partial charge in [0.15, 0.2) is 23.3 Å². The quantitative estimate of drug-likeness (QED) is 0.165. The van der Waals surface area contributed by atoms with Gasteiger partial charge in [0.05, 0.1) is 22.1 Å². The van der Waals surface area contributed by atoms with Crippen molar-refractivity contribution in [2.75, 3.05) is 0 Å². The van der Waals surface area contributed by atoms with Crippen molar-refractivity contribution in [3.63, 3.8) is 0 Å². The second-order valence-corrected chi connectivity index (χ2v) is 25.2. The maximum Gasteiger partial charge on any atom is 0.238 e. The molecule has 0 saturated carbocycles. The third kappa shape index (κ3) is 7.04. The number of thiophene rings is 2. The van der Waals surface area contributed by atoms with Gasteiger partial charge in [-0.3, -0.25) is 9.13 Å². The van der Waals surface area contributed by atoms with E-state index in [1.807, 2.05) is 95.5 Å². The monoisotopic (exact) mass is 1110 g/mol. The Morgan fingerprint density at radius 3 is 1.08 bits per heavy atom. The molecule has 16 aromatic rings. The molecule has 0 atom stereocenters. The van der Waals surface area contributed by atoms with Crippen LogP contribution in [-0.4, -0.2) is 39.0 Å². The van der Waals surface area contributed by atoms with E-state index in [1.54, 1.807) is 0 Å². The van der Waals surface area contributed by atoms with E-state index in [0.29, 0.717) is 35.2 Å². The number of aromatic nitrogens is 8. The van der Waals surface area contributed by atoms with Gasteiger partial charge in [-0.05, 0) is 163 Å². The lowest BCUT2D eigenvalue weighted by molar-refractivity contribution is 0.842. The molecule has 0 amide bonds. The standard InChI is InChI=1S/2C37H24N4S/c1-3-7-21(8-4-1)35-38-36(22-9-5-2-6-10-22)40-37(39-35)41-30-16-15-27-28-17-23-12-14-26(23)20-32(28)42-34(27)33(30)29-18-24-11-13-25(24)19-31(29)41;1-3-7-21(8-4-1)35-38-36(22-9-5-2-6-10-22)40-37(39-35)41-29-15-16-31-34(28-18-24-12-14-26(24)20-32(28)42-31)33(29)27-17-23-11-13-25(23)19-30(27)41/h2*1-10,15-20H,11-14H2. The predicted octanol–water partition coefficient (Wildman–Crippen LogP) is 17.7. The van der Waals surface area contributed by atoms with E-state index in [-0.39, 0.29) is 0 Å². The number of fused-ring (bicyclic) bond motifs is 18. The van der Waals surface area contributed by atoms with Crippen molar-refractivity contribution in [3.05, 3.63) is 239 Å². The van der Waals surface area contributed by atoms with Crippen LogP contribution in [0.25, 0.3) is 141 Å². The van der Waals surface area contributed by atoms with Crippen molar-refractivity contribution >= 4 is 107 Å². The molecule has 10 heteroatoms. The van der Waals surface area contributed by atoms with E-state index in [9.17, 15) is 0 Å². The van der Waals surface area contributed by atoms with E-state index in [1.165, 1.54) is 143 Å². The summed E-state index contributed by atoms with van der Waals surface area (Å²) in [5.41, 5.74) is 20.4. The fourth-order valence-corrected chi connectivity index (χ4v) is 16.2. The van der Waals surface area contributed by atoms with E-state index < -0.39 is 0 Å². The molecule has 0 spiro atoms. The second kappa shape index (κ2) is 17.9. The first kappa shape index (κ1) is 46.8. The first-order valence-corrected chi connectivity index (χ1v) is 30.9. The van der Waals surface area contributed by atoms with E-state index in [0.717, 1.165) is 59.0 Å². The lowest BCUT2D eigenvalue weighted by atomic mass is 9.86. The predicted molar refractivity (Wildman–Crippen MR) is 345 cm³/mol. The Morgan fingerprint density at radius 2 is 0.631 bits per heavy atom. The third-order valence-electron chi connectivity index (χ3n) is 18.4. The molecule has 0 saturated heterocycles. The van der Waals surface area contributed by atoms with Crippen molar-refractivity contribution in [2.24, 2.45) is 0 Å². The van der Waals surface area contributed by atoms with Gasteiger partial charge in [-0.1, -0.05) is 127 Å². The summed E-state index contributed by atoms with van der Waals surface area (Å²) in [6.07, 6.45) is 9.33. The zero-order chi connectivity index (χ0) is 54.7. The molecule has 84 heavy (non-hydrogen) atoms. The zero-order valence-electron chi connectivity index (χ0n) is 45.5. The number of hydrogen-bond acceptors (Lipinski definition) is 8. The molecule has 0 N–H and O–H groups in total. The van der Waals surface area contributed by atoms with Crippen LogP contribution in [-0.2, 0) is 51.4 Å².